The van der Waals surface area contributed by atoms with Gasteiger partial charge in [0.2, 0.25) is 0 Å². The van der Waals surface area contributed by atoms with Crippen molar-refractivity contribution in [1.29, 1.82) is 5.26 Å². The maximum atomic E-state index is 8.71. The summed E-state index contributed by atoms with van der Waals surface area (Å²) < 4.78 is 2.17. The van der Waals surface area contributed by atoms with E-state index in [1.54, 1.807) is 0 Å². The van der Waals surface area contributed by atoms with Crippen LogP contribution in [0.2, 0.25) is 0 Å². The Morgan fingerprint density at radius 1 is 0.933 bits per heavy atom. The van der Waals surface area contributed by atoms with E-state index in [4.69, 9.17) is 5.26 Å². The third-order valence-electron chi connectivity index (χ3n) is 2.53. The highest BCUT2D eigenvalue weighted by Crippen LogP contribution is 2.16. The Labute approximate surface area is 89.4 Å². The van der Waals surface area contributed by atoms with Crippen LogP contribution in [0.1, 0.15) is 17.0 Å². The Balaban J connectivity index is 2.51. The van der Waals surface area contributed by atoms with E-state index in [0.717, 1.165) is 5.69 Å². The van der Waals surface area contributed by atoms with Crippen molar-refractivity contribution in [3.8, 4) is 11.8 Å². The largest absolute Gasteiger partial charge is 0.319 e. The minimum atomic E-state index is 0.696. The van der Waals surface area contributed by atoms with Crippen molar-refractivity contribution < 1.29 is 0 Å². The molecule has 15 heavy (non-hydrogen) atoms. The van der Waals surface area contributed by atoms with Crippen LogP contribution in [0.3, 0.4) is 0 Å². The molecule has 0 saturated heterocycles. The molecule has 2 heteroatoms. The minimum Gasteiger partial charge on any atom is -0.319 e. The van der Waals surface area contributed by atoms with Crippen molar-refractivity contribution >= 4 is 0 Å². The van der Waals surface area contributed by atoms with Gasteiger partial charge in [0, 0.05) is 17.1 Å². The lowest BCUT2D eigenvalue weighted by Crippen LogP contribution is -1.98. The minimum absolute atomic E-state index is 0.696. The van der Waals surface area contributed by atoms with Gasteiger partial charge in [0.05, 0.1) is 11.6 Å². The standard InChI is InChI=1S/C13H12N2/c1-10-3-4-11(2)15(10)13-7-5-12(9-14)6-8-13/h3-8H,1-2H3. The normalized spacial score (nSPS) is 9.93. The third-order valence-corrected chi connectivity index (χ3v) is 2.53. The fraction of sp³-hybridized carbons (Fsp3) is 0.154. The highest BCUT2D eigenvalue weighted by atomic mass is 15.0. The summed E-state index contributed by atoms with van der Waals surface area (Å²) in [5.74, 6) is 0. The van der Waals surface area contributed by atoms with E-state index >= 15 is 0 Å². The lowest BCUT2D eigenvalue weighted by atomic mass is 10.2. The number of benzene rings is 1. The zero-order valence-corrected chi connectivity index (χ0v) is 8.86. The van der Waals surface area contributed by atoms with Gasteiger partial charge in [-0.2, -0.15) is 5.26 Å². The van der Waals surface area contributed by atoms with Crippen LogP contribution in [0.25, 0.3) is 5.69 Å². The van der Waals surface area contributed by atoms with Crippen molar-refractivity contribution in [2.75, 3.05) is 0 Å². The molecule has 0 aliphatic carbocycles. The Bertz CT molecular complexity index is 493. The second-order valence-electron chi connectivity index (χ2n) is 3.61. The molecule has 1 aromatic carbocycles. The molecule has 2 aromatic rings. The number of hydrogen-bond acceptors (Lipinski definition) is 1. The van der Waals surface area contributed by atoms with Gasteiger partial charge in [-0.3, -0.25) is 0 Å². The maximum Gasteiger partial charge on any atom is 0.0991 e. The molecule has 0 bridgehead atoms. The van der Waals surface area contributed by atoms with Gasteiger partial charge >= 0.3 is 0 Å². The van der Waals surface area contributed by atoms with Crippen LogP contribution >= 0.6 is 0 Å². The van der Waals surface area contributed by atoms with Gasteiger partial charge in [-0.15, -0.1) is 0 Å². The van der Waals surface area contributed by atoms with Crippen molar-refractivity contribution in [2.45, 2.75) is 13.8 Å². The van der Waals surface area contributed by atoms with E-state index in [0.29, 0.717) is 5.56 Å². The topological polar surface area (TPSA) is 28.7 Å². The summed E-state index contributed by atoms with van der Waals surface area (Å²) in [6, 6.07) is 13.9. The summed E-state index contributed by atoms with van der Waals surface area (Å²) in [4.78, 5) is 0. The van der Waals surface area contributed by atoms with Gasteiger partial charge < -0.3 is 4.57 Å². The quantitative estimate of drug-likeness (QED) is 0.689. The first kappa shape index (κ1) is 9.54. The van der Waals surface area contributed by atoms with Crippen molar-refractivity contribution in [1.82, 2.24) is 4.57 Å². The van der Waals surface area contributed by atoms with Crippen LogP contribution in [-0.2, 0) is 0 Å². The lowest BCUT2D eigenvalue weighted by molar-refractivity contribution is 0.965. The molecule has 1 aromatic heterocycles. The third kappa shape index (κ3) is 1.64. The molecule has 0 saturated carbocycles. The molecular weight excluding hydrogens is 184 g/mol. The summed E-state index contributed by atoms with van der Waals surface area (Å²) in [5, 5.41) is 8.71. The number of rotatable bonds is 1. The number of nitriles is 1. The fourth-order valence-corrected chi connectivity index (χ4v) is 1.76. The fourth-order valence-electron chi connectivity index (χ4n) is 1.76. The first-order chi connectivity index (χ1) is 7.22. The smallest absolute Gasteiger partial charge is 0.0991 e. The first-order valence-electron chi connectivity index (χ1n) is 4.88. The number of aromatic nitrogens is 1. The first-order valence-corrected chi connectivity index (χ1v) is 4.88. The van der Waals surface area contributed by atoms with E-state index in [2.05, 4.69) is 36.6 Å². The summed E-state index contributed by atoms with van der Waals surface area (Å²) in [5.41, 5.74) is 4.21. The summed E-state index contributed by atoms with van der Waals surface area (Å²) in [6.07, 6.45) is 0. The van der Waals surface area contributed by atoms with E-state index in [-0.39, 0.29) is 0 Å². The highest BCUT2D eigenvalue weighted by Gasteiger charge is 2.02. The van der Waals surface area contributed by atoms with Crippen molar-refractivity contribution in [3.05, 3.63) is 53.3 Å². The summed E-state index contributed by atoms with van der Waals surface area (Å²) >= 11 is 0. The number of aryl methyl sites for hydroxylation is 2. The Morgan fingerprint density at radius 3 is 1.93 bits per heavy atom. The summed E-state index contributed by atoms with van der Waals surface area (Å²) in [6.45, 7) is 4.15. The van der Waals surface area contributed by atoms with Crippen LogP contribution in [0.5, 0.6) is 0 Å². The van der Waals surface area contributed by atoms with Crippen LogP contribution in [-0.4, -0.2) is 4.57 Å². The molecule has 2 rings (SSSR count). The van der Waals surface area contributed by atoms with Gasteiger partial charge in [0.25, 0.3) is 0 Å². The molecule has 0 N–H and O–H groups in total. The molecule has 0 spiro atoms. The molecule has 0 unspecified atom stereocenters. The van der Waals surface area contributed by atoms with Crippen molar-refractivity contribution in [3.63, 3.8) is 0 Å². The van der Waals surface area contributed by atoms with Crippen LogP contribution in [0.4, 0.5) is 0 Å². The number of nitrogens with zero attached hydrogens (tertiary/aromatic N) is 2. The Kier molecular flexibility index (Phi) is 2.31. The predicted octanol–water partition coefficient (Wildman–Crippen LogP) is 2.97. The van der Waals surface area contributed by atoms with E-state index < -0.39 is 0 Å². The van der Waals surface area contributed by atoms with Crippen LogP contribution in [0, 0.1) is 25.2 Å². The molecule has 74 valence electrons. The van der Waals surface area contributed by atoms with Crippen LogP contribution < -0.4 is 0 Å². The molecule has 0 atom stereocenters. The monoisotopic (exact) mass is 196 g/mol. The molecule has 0 amide bonds. The molecule has 2 nitrogen and oxygen atoms in total. The zero-order chi connectivity index (χ0) is 10.8. The molecule has 0 aliphatic heterocycles. The molecular formula is C13H12N2. The van der Waals surface area contributed by atoms with Crippen LogP contribution in [0.15, 0.2) is 36.4 Å². The maximum absolute atomic E-state index is 8.71. The molecule has 0 aliphatic rings. The Morgan fingerprint density at radius 2 is 1.47 bits per heavy atom. The Hall–Kier alpha value is -2.01. The molecule has 1 heterocycles. The SMILES string of the molecule is Cc1ccc(C)n1-c1ccc(C#N)cc1. The number of hydrogen-bond donors (Lipinski definition) is 0. The average Bonchev–Trinajstić information content (AvgIpc) is 2.59. The zero-order valence-electron chi connectivity index (χ0n) is 8.86. The molecule has 0 radical (unpaired) electrons. The van der Waals surface area contributed by atoms with Crippen molar-refractivity contribution in [2.24, 2.45) is 0 Å². The van der Waals surface area contributed by atoms with Gasteiger partial charge in [0.15, 0.2) is 0 Å². The highest BCUT2D eigenvalue weighted by molar-refractivity contribution is 5.42. The van der Waals surface area contributed by atoms with Gasteiger partial charge in [-0.25, -0.2) is 0 Å². The lowest BCUT2D eigenvalue weighted by Gasteiger charge is -2.08. The predicted molar refractivity (Wildman–Crippen MR) is 60.0 cm³/mol. The molecule has 0 fully saturated rings. The second kappa shape index (κ2) is 3.62. The average molecular weight is 196 g/mol. The van der Waals surface area contributed by atoms with Gasteiger partial charge in [0.1, 0.15) is 0 Å². The van der Waals surface area contributed by atoms with E-state index in [1.807, 2.05) is 24.3 Å². The van der Waals surface area contributed by atoms with Gasteiger partial charge in [-0.1, -0.05) is 0 Å². The van der Waals surface area contributed by atoms with E-state index in [9.17, 15) is 0 Å². The summed E-state index contributed by atoms with van der Waals surface area (Å²) in [7, 11) is 0. The van der Waals surface area contributed by atoms with E-state index in [1.165, 1.54) is 11.4 Å². The second-order valence-corrected chi connectivity index (χ2v) is 3.61. The van der Waals surface area contributed by atoms with Gasteiger partial charge in [-0.05, 0) is 50.2 Å².